The summed E-state index contributed by atoms with van der Waals surface area (Å²) >= 11 is 13.4. The molecule has 1 heterocycles. The van der Waals surface area contributed by atoms with Crippen LogP contribution in [-0.4, -0.2) is 21.1 Å². The maximum Gasteiger partial charge on any atom is 0.238 e. The van der Waals surface area contributed by atoms with Gasteiger partial charge >= 0.3 is 0 Å². The van der Waals surface area contributed by atoms with Crippen LogP contribution in [0.2, 0.25) is 10.0 Å². The minimum atomic E-state index is -0.280. The monoisotopic (exact) mass is 379 g/mol. The largest absolute Gasteiger partial charge is 0.333 e. The summed E-state index contributed by atoms with van der Waals surface area (Å²) in [6.07, 6.45) is 0.665. The van der Waals surface area contributed by atoms with Gasteiger partial charge in [0.2, 0.25) is 5.91 Å². The fourth-order valence-electron chi connectivity index (χ4n) is 2.25. The number of amides is 1. The van der Waals surface area contributed by atoms with E-state index in [2.05, 4.69) is 15.3 Å². The first-order chi connectivity index (χ1) is 11.6. The van der Waals surface area contributed by atoms with Gasteiger partial charge in [0.25, 0.3) is 0 Å². The maximum atomic E-state index is 12.5. The number of imidazole rings is 1. The number of anilines is 1. The number of nitrogens with zero attached hydrogens (tertiary/aromatic N) is 1. The lowest BCUT2D eigenvalue weighted by Crippen LogP contribution is -2.24. The predicted octanol–water partition coefficient (Wildman–Crippen LogP) is 5.38. The number of H-pyrrole nitrogens is 1. The minimum Gasteiger partial charge on any atom is -0.333 e. The number of para-hydroxylation sites is 2. The number of benzene rings is 2. The fourth-order valence-corrected chi connectivity index (χ4v) is 3.62. The highest BCUT2D eigenvalue weighted by atomic mass is 35.5. The molecular weight excluding hydrogens is 365 g/mol. The van der Waals surface area contributed by atoms with Gasteiger partial charge < -0.3 is 10.3 Å². The van der Waals surface area contributed by atoms with Crippen LogP contribution in [0, 0.1) is 0 Å². The quantitative estimate of drug-likeness (QED) is 0.585. The van der Waals surface area contributed by atoms with E-state index >= 15 is 0 Å². The van der Waals surface area contributed by atoms with Crippen molar-refractivity contribution in [1.82, 2.24) is 9.97 Å². The van der Waals surface area contributed by atoms with E-state index in [9.17, 15) is 4.79 Å². The molecule has 3 aromatic rings. The van der Waals surface area contributed by atoms with E-state index in [1.54, 1.807) is 18.2 Å². The number of fused-ring (bicyclic) bond motifs is 1. The number of thioether (sulfide) groups is 1. The molecule has 0 saturated carbocycles. The second kappa shape index (κ2) is 7.47. The van der Waals surface area contributed by atoms with Gasteiger partial charge in [-0.15, -0.1) is 0 Å². The van der Waals surface area contributed by atoms with E-state index in [4.69, 9.17) is 23.2 Å². The van der Waals surface area contributed by atoms with Crippen molar-refractivity contribution in [2.24, 2.45) is 0 Å². The third kappa shape index (κ3) is 3.86. The molecule has 4 nitrogen and oxygen atoms in total. The van der Waals surface area contributed by atoms with Crippen molar-refractivity contribution in [3.8, 4) is 0 Å². The molecule has 0 radical (unpaired) electrons. The van der Waals surface area contributed by atoms with Crippen LogP contribution < -0.4 is 5.32 Å². The van der Waals surface area contributed by atoms with Crippen molar-refractivity contribution in [2.45, 2.75) is 23.8 Å². The Hall–Kier alpha value is -1.69. The van der Waals surface area contributed by atoms with E-state index in [0.717, 1.165) is 16.2 Å². The van der Waals surface area contributed by atoms with E-state index in [0.29, 0.717) is 22.2 Å². The number of aromatic amines is 1. The lowest BCUT2D eigenvalue weighted by atomic mass is 10.2. The summed E-state index contributed by atoms with van der Waals surface area (Å²) in [7, 11) is 0. The molecule has 0 aliphatic rings. The number of rotatable bonds is 5. The number of hydrogen-bond donors (Lipinski definition) is 2. The molecular formula is C17H15Cl2N3OS. The minimum absolute atomic E-state index is 0.118. The Morgan fingerprint density at radius 3 is 2.79 bits per heavy atom. The van der Waals surface area contributed by atoms with Crippen molar-refractivity contribution >= 4 is 57.6 Å². The van der Waals surface area contributed by atoms with Gasteiger partial charge in [0.15, 0.2) is 5.16 Å². The molecule has 2 N–H and O–H groups in total. The number of nitrogens with one attached hydrogen (secondary N) is 2. The average molecular weight is 380 g/mol. The van der Waals surface area contributed by atoms with Gasteiger partial charge in [0, 0.05) is 5.02 Å². The highest BCUT2D eigenvalue weighted by Crippen LogP contribution is 2.29. The van der Waals surface area contributed by atoms with E-state index in [1.165, 1.54) is 11.8 Å². The van der Waals surface area contributed by atoms with Crippen molar-refractivity contribution in [1.29, 1.82) is 0 Å². The van der Waals surface area contributed by atoms with E-state index in [1.807, 2.05) is 31.2 Å². The van der Waals surface area contributed by atoms with Crippen LogP contribution in [0.3, 0.4) is 0 Å². The number of halogens is 2. The summed E-state index contributed by atoms with van der Waals surface area (Å²) in [4.78, 5) is 20.3. The smallest absolute Gasteiger partial charge is 0.238 e. The van der Waals surface area contributed by atoms with Crippen LogP contribution in [0.5, 0.6) is 0 Å². The Balaban J connectivity index is 1.74. The number of carbonyl (C=O) groups excluding carboxylic acids is 1. The zero-order valence-corrected chi connectivity index (χ0v) is 15.2. The van der Waals surface area contributed by atoms with Crippen molar-refractivity contribution in [3.63, 3.8) is 0 Å². The number of hydrogen-bond acceptors (Lipinski definition) is 3. The van der Waals surface area contributed by atoms with E-state index in [-0.39, 0.29) is 11.2 Å². The Labute approximate surface area is 153 Å². The van der Waals surface area contributed by atoms with Crippen LogP contribution in [0.25, 0.3) is 11.0 Å². The first kappa shape index (κ1) is 17.1. The molecule has 7 heteroatoms. The Morgan fingerprint density at radius 2 is 2.08 bits per heavy atom. The van der Waals surface area contributed by atoms with Gasteiger partial charge in [0.05, 0.1) is 27.0 Å². The topological polar surface area (TPSA) is 57.8 Å². The van der Waals surface area contributed by atoms with Crippen molar-refractivity contribution < 1.29 is 4.79 Å². The molecule has 0 aliphatic carbocycles. The molecule has 1 aromatic heterocycles. The normalized spacial score (nSPS) is 12.3. The summed E-state index contributed by atoms with van der Waals surface area (Å²) in [6.45, 7) is 1.96. The average Bonchev–Trinajstić information content (AvgIpc) is 2.97. The molecule has 3 rings (SSSR count). The number of carbonyl (C=O) groups is 1. The molecule has 0 saturated heterocycles. The first-order valence-electron chi connectivity index (χ1n) is 7.44. The molecule has 0 spiro atoms. The van der Waals surface area contributed by atoms with Crippen LogP contribution in [-0.2, 0) is 4.79 Å². The van der Waals surface area contributed by atoms with Crippen LogP contribution >= 0.6 is 35.0 Å². The molecule has 0 bridgehead atoms. The van der Waals surface area contributed by atoms with Gasteiger partial charge in [0.1, 0.15) is 0 Å². The Bertz CT molecular complexity index is 848. The first-order valence-corrected chi connectivity index (χ1v) is 9.07. The zero-order valence-electron chi connectivity index (χ0n) is 12.8. The van der Waals surface area contributed by atoms with Crippen LogP contribution in [0.1, 0.15) is 13.3 Å². The SMILES string of the molecule is CCC(Sc1nc2ccccc2[nH]1)C(=O)Nc1ccc(Cl)cc1Cl. The molecule has 1 atom stereocenters. The zero-order chi connectivity index (χ0) is 17.1. The third-order valence-electron chi connectivity index (χ3n) is 3.47. The van der Waals surface area contributed by atoms with Gasteiger partial charge in [-0.1, -0.05) is 54.0 Å². The van der Waals surface area contributed by atoms with Crippen molar-refractivity contribution in [3.05, 3.63) is 52.5 Å². The van der Waals surface area contributed by atoms with Gasteiger partial charge in [-0.3, -0.25) is 4.79 Å². The molecule has 1 unspecified atom stereocenters. The summed E-state index contributed by atoms with van der Waals surface area (Å²) in [6, 6.07) is 12.8. The Morgan fingerprint density at radius 1 is 1.29 bits per heavy atom. The fraction of sp³-hybridized carbons (Fsp3) is 0.176. The molecule has 24 heavy (non-hydrogen) atoms. The Kier molecular flexibility index (Phi) is 5.33. The van der Waals surface area contributed by atoms with Crippen LogP contribution in [0.15, 0.2) is 47.6 Å². The summed E-state index contributed by atoms with van der Waals surface area (Å²) in [5.41, 5.74) is 2.39. The lowest BCUT2D eigenvalue weighted by Gasteiger charge is -2.14. The van der Waals surface area contributed by atoms with Gasteiger partial charge in [-0.2, -0.15) is 0 Å². The lowest BCUT2D eigenvalue weighted by molar-refractivity contribution is -0.115. The second-order valence-corrected chi connectivity index (χ2v) is 7.22. The van der Waals surface area contributed by atoms with Gasteiger partial charge in [-0.05, 0) is 36.8 Å². The summed E-state index contributed by atoms with van der Waals surface area (Å²) in [5, 5.41) is 4.24. The number of aromatic nitrogens is 2. The van der Waals surface area contributed by atoms with E-state index < -0.39 is 0 Å². The molecule has 1 amide bonds. The molecule has 0 aliphatic heterocycles. The predicted molar refractivity (Wildman–Crippen MR) is 101 cm³/mol. The summed E-state index contributed by atoms with van der Waals surface area (Å²) < 4.78 is 0. The highest BCUT2D eigenvalue weighted by molar-refractivity contribution is 8.00. The van der Waals surface area contributed by atoms with Crippen molar-refractivity contribution in [2.75, 3.05) is 5.32 Å². The highest BCUT2D eigenvalue weighted by Gasteiger charge is 2.20. The third-order valence-corrected chi connectivity index (χ3v) is 5.27. The molecule has 0 fully saturated rings. The van der Waals surface area contributed by atoms with Crippen LogP contribution in [0.4, 0.5) is 5.69 Å². The van der Waals surface area contributed by atoms with Gasteiger partial charge in [-0.25, -0.2) is 4.98 Å². The summed E-state index contributed by atoms with van der Waals surface area (Å²) in [5.74, 6) is -0.118. The molecule has 124 valence electrons. The standard InChI is InChI=1S/C17H15Cl2N3OS/c1-2-15(16(23)20-12-8-7-10(18)9-11(12)19)24-17-21-13-5-3-4-6-14(13)22-17/h3-9,15H,2H2,1H3,(H,20,23)(H,21,22). The second-order valence-electron chi connectivity index (χ2n) is 5.19. The molecule has 2 aromatic carbocycles. The maximum absolute atomic E-state index is 12.5.